The highest BCUT2D eigenvalue weighted by Gasteiger charge is 2.62. The SMILES string of the molecule is C[C@H]1CC[C@H]2[C@H](C1)O[C@H]1c3c([nH]c(=O)[nH]c3=O)O[C@]12C. The van der Waals surface area contributed by atoms with E-state index in [1.54, 1.807) is 0 Å². The summed E-state index contributed by atoms with van der Waals surface area (Å²) < 4.78 is 12.1. The van der Waals surface area contributed by atoms with Crippen LogP contribution in [0.5, 0.6) is 5.88 Å². The maximum atomic E-state index is 12.1. The van der Waals surface area contributed by atoms with Gasteiger partial charge < -0.3 is 9.47 Å². The van der Waals surface area contributed by atoms with Gasteiger partial charge in [-0.05, 0) is 25.7 Å². The van der Waals surface area contributed by atoms with Crippen LogP contribution in [0, 0.1) is 11.8 Å². The van der Waals surface area contributed by atoms with Gasteiger partial charge in [-0.25, -0.2) is 4.79 Å². The Labute approximate surface area is 115 Å². The van der Waals surface area contributed by atoms with Crippen molar-refractivity contribution in [3.63, 3.8) is 0 Å². The number of fused-ring (bicyclic) bond motifs is 5. The maximum Gasteiger partial charge on any atom is 0.328 e. The Morgan fingerprint density at radius 1 is 1.25 bits per heavy atom. The van der Waals surface area contributed by atoms with Crippen LogP contribution in [0.3, 0.4) is 0 Å². The van der Waals surface area contributed by atoms with E-state index in [0.29, 0.717) is 11.5 Å². The molecule has 2 fully saturated rings. The standard InChI is InChI=1S/C14H18N2O4/c1-6-3-4-7-8(5-6)19-10-9-11(17)15-13(18)16-12(9)20-14(7,10)2/h6-8,10H,3-5H2,1-2H3,(H2,15,16,17,18)/t6-,7-,8-,10-,14-/m0/s1. The molecule has 0 bridgehead atoms. The average molecular weight is 278 g/mol. The molecule has 20 heavy (non-hydrogen) atoms. The van der Waals surface area contributed by atoms with Gasteiger partial charge in [-0.1, -0.05) is 13.3 Å². The molecule has 0 aromatic carbocycles. The summed E-state index contributed by atoms with van der Waals surface area (Å²) in [5.41, 5.74) is -1.03. The van der Waals surface area contributed by atoms with Gasteiger partial charge in [0.15, 0.2) is 0 Å². The minimum atomic E-state index is -0.537. The van der Waals surface area contributed by atoms with Gasteiger partial charge in [-0.3, -0.25) is 14.8 Å². The molecule has 1 aromatic heterocycles. The van der Waals surface area contributed by atoms with Crippen molar-refractivity contribution in [1.82, 2.24) is 9.97 Å². The first-order chi connectivity index (χ1) is 9.49. The second kappa shape index (κ2) is 3.75. The fraction of sp³-hybridized carbons (Fsp3) is 0.714. The molecule has 4 rings (SSSR count). The lowest BCUT2D eigenvalue weighted by atomic mass is 9.73. The molecule has 1 saturated heterocycles. The highest BCUT2D eigenvalue weighted by atomic mass is 16.6. The largest absolute Gasteiger partial charge is 0.469 e. The van der Waals surface area contributed by atoms with Gasteiger partial charge in [0.1, 0.15) is 17.3 Å². The van der Waals surface area contributed by atoms with E-state index in [4.69, 9.17) is 9.47 Å². The average Bonchev–Trinajstić information content (AvgIpc) is 2.76. The Morgan fingerprint density at radius 3 is 2.85 bits per heavy atom. The van der Waals surface area contributed by atoms with Crippen molar-refractivity contribution >= 4 is 0 Å². The van der Waals surface area contributed by atoms with Crippen LogP contribution in [0.25, 0.3) is 0 Å². The lowest BCUT2D eigenvalue weighted by molar-refractivity contribution is -0.00597. The molecule has 5 atom stereocenters. The van der Waals surface area contributed by atoms with Crippen molar-refractivity contribution in [3.8, 4) is 5.88 Å². The summed E-state index contributed by atoms with van der Waals surface area (Å²) >= 11 is 0. The summed E-state index contributed by atoms with van der Waals surface area (Å²) in [6.45, 7) is 4.23. The molecule has 2 N–H and O–H groups in total. The fourth-order valence-corrected chi connectivity index (χ4v) is 4.14. The van der Waals surface area contributed by atoms with Crippen LogP contribution >= 0.6 is 0 Å². The third-order valence-corrected chi connectivity index (χ3v) is 5.15. The van der Waals surface area contributed by atoms with Crippen LogP contribution in [0.2, 0.25) is 0 Å². The summed E-state index contributed by atoms with van der Waals surface area (Å²) in [6.07, 6.45) is 2.97. The van der Waals surface area contributed by atoms with Crippen molar-refractivity contribution in [2.75, 3.05) is 0 Å². The second-order valence-corrected chi connectivity index (χ2v) is 6.52. The number of ether oxygens (including phenoxy) is 2. The van der Waals surface area contributed by atoms with E-state index in [0.717, 1.165) is 19.3 Å². The summed E-state index contributed by atoms with van der Waals surface area (Å²) in [7, 11) is 0. The third kappa shape index (κ3) is 1.43. The van der Waals surface area contributed by atoms with Gasteiger partial charge in [-0.2, -0.15) is 0 Å². The smallest absolute Gasteiger partial charge is 0.328 e. The molecule has 2 aliphatic heterocycles. The molecule has 0 spiro atoms. The number of rotatable bonds is 0. The molecule has 3 aliphatic rings. The Morgan fingerprint density at radius 2 is 2.05 bits per heavy atom. The van der Waals surface area contributed by atoms with E-state index in [-0.39, 0.29) is 24.0 Å². The van der Waals surface area contributed by atoms with Gasteiger partial charge in [0, 0.05) is 5.92 Å². The molecule has 1 aromatic rings. The zero-order valence-corrected chi connectivity index (χ0v) is 11.6. The Balaban J connectivity index is 1.81. The quantitative estimate of drug-likeness (QED) is 0.744. The van der Waals surface area contributed by atoms with Gasteiger partial charge in [0.2, 0.25) is 5.88 Å². The molecule has 1 saturated carbocycles. The van der Waals surface area contributed by atoms with Crippen molar-refractivity contribution in [2.24, 2.45) is 11.8 Å². The lowest BCUT2D eigenvalue weighted by Gasteiger charge is -2.35. The minimum Gasteiger partial charge on any atom is -0.469 e. The predicted molar refractivity (Wildman–Crippen MR) is 70.8 cm³/mol. The van der Waals surface area contributed by atoms with E-state index < -0.39 is 16.9 Å². The first-order valence-electron chi connectivity index (χ1n) is 7.20. The fourth-order valence-electron chi connectivity index (χ4n) is 4.14. The minimum absolute atomic E-state index is 0.147. The second-order valence-electron chi connectivity index (χ2n) is 6.52. The highest BCUT2D eigenvalue weighted by molar-refractivity contribution is 5.36. The van der Waals surface area contributed by atoms with E-state index >= 15 is 0 Å². The molecule has 0 radical (unpaired) electrons. The van der Waals surface area contributed by atoms with Crippen LogP contribution in [-0.4, -0.2) is 21.7 Å². The van der Waals surface area contributed by atoms with Gasteiger partial charge >= 0.3 is 5.69 Å². The molecular weight excluding hydrogens is 260 g/mol. The molecule has 6 nitrogen and oxygen atoms in total. The Bertz CT molecular complexity index is 678. The summed E-state index contributed by atoms with van der Waals surface area (Å²) in [6, 6.07) is 0. The number of H-pyrrole nitrogens is 2. The van der Waals surface area contributed by atoms with Crippen molar-refractivity contribution in [2.45, 2.75) is 50.9 Å². The topological polar surface area (TPSA) is 84.2 Å². The monoisotopic (exact) mass is 278 g/mol. The summed E-state index contributed by atoms with van der Waals surface area (Å²) in [5.74, 6) is 1.20. The molecule has 3 heterocycles. The molecular formula is C14H18N2O4. The first-order valence-corrected chi connectivity index (χ1v) is 7.20. The molecule has 1 aliphatic carbocycles. The number of hydrogen-bond acceptors (Lipinski definition) is 4. The molecule has 0 amide bonds. The zero-order valence-electron chi connectivity index (χ0n) is 11.6. The van der Waals surface area contributed by atoms with E-state index in [9.17, 15) is 9.59 Å². The molecule has 108 valence electrons. The molecule has 0 unspecified atom stereocenters. The number of hydrogen-bond donors (Lipinski definition) is 2. The van der Waals surface area contributed by atoms with E-state index in [1.165, 1.54) is 0 Å². The first kappa shape index (κ1) is 12.2. The van der Waals surface area contributed by atoms with Crippen molar-refractivity contribution in [3.05, 3.63) is 26.4 Å². The molecule has 6 heteroatoms. The normalized spacial score (nSPS) is 41.7. The number of nitrogens with one attached hydrogen (secondary N) is 2. The zero-order chi connectivity index (χ0) is 14.1. The van der Waals surface area contributed by atoms with Crippen molar-refractivity contribution in [1.29, 1.82) is 0 Å². The van der Waals surface area contributed by atoms with Gasteiger partial charge in [0.25, 0.3) is 5.56 Å². The summed E-state index contributed by atoms with van der Waals surface area (Å²) in [4.78, 5) is 28.3. The van der Waals surface area contributed by atoms with Crippen LogP contribution < -0.4 is 16.0 Å². The third-order valence-electron chi connectivity index (χ3n) is 5.15. The number of aromatic amines is 2. The highest BCUT2D eigenvalue weighted by Crippen LogP contribution is 2.57. The van der Waals surface area contributed by atoms with Crippen LogP contribution in [-0.2, 0) is 4.74 Å². The van der Waals surface area contributed by atoms with E-state index in [2.05, 4.69) is 16.9 Å². The lowest BCUT2D eigenvalue weighted by Crippen LogP contribution is -2.42. The number of aromatic nitrogens is 2. The van der Waals surface area contributed by atoms with Crippen molar-refractivity contribution < 1.29 is 9.47 Å². The van der Waals surface area contributed by atoms with E-state index in [1.807, 2.05) is 6.92 Å². The van der Waals surface area contributed by atoms with Crippen LogP contribution in [0.15, 0.2) is 9.59 Å². The van der Waals surface area contributed by atoms with Crippen LogP contribution in [0.4, 0.5) is 0 Å². The summed E-state index contributed by atoms with van der Waals surface area (Å²) in [5, 5.41) is 0. The van der Waals surface area contributed by atoms with Gasteiger partial charge in [0.05, 0.1) is 6.10 Å². The van der Waals surface area contributed by atoms with Crippen LogP contribution in [0.1, 0.15) is 44.8 Å². The predicted octanol–water partition coefficient (Wildman–Crippen LogP) is 1.09. The maximum absolute atomic E-state index is 12.1. The Kier molecular flexibility index (Phi) is 2.29. The Hall–Kier alpha value is -1.56. The van der Waals surface area contributed by atoms with Gasteiger partial charge in [-0.15, -0.1) is 0 Å².